The number of carbonyl (C=O) groups is 3. The SMILES string of the molecule is Cc1ccc(NCCCNC(=O)C[C@@H]2NC(=O)NC2=O)nc1. The molecule has 8 heteroatoms. The van der Waals surface area contributed by atoms with Gasteiger partial charge in [0, 0.05) is 19.3 Å². The molecular weight excluding hydrogens is 286 g/mol. The third-order valence-corrected chi connectivity index (χ3v) is 3.14. The first-order valence-electron chi connectivity index (χ1n) is 7.09. The van der Waals surface area contributed by atoms with Crippen LogP contribution in [0.15, 0.2) is 18.3 Å². The minimum Gasteiger partial charge on any atom is -0.370 e. The highest BCUT2D eigenvalue weighted by atomic mass is 16.2. The Morgan fingerprint density at radius 2 is 2.14 bits per heavy atom. The van der Waals surface area contributed by atoms with Crippen LogP contribution in [0.2, 0.25) is 0 Å². The number of hydrogen-bond donors (Lipinski definition) is 4. The number of rotatable bonds is 7. The Labute approximate surface area is 128 Å². The van der Waals surface area contributed by atoms with Crippen molar-refractivity contribution in [2.45, 2.75) is 25.8 Å². The highest BCUT2D eigenvalue weighted by Gasteiger charge is 2.30. The minimum absolute atomic E-state index is 0.0511. The largest absolute Gasteiger partial charge is 0.370 e. The lowest BCUT2D eigenvalue weighted by Gasteiger charge is -2.09. The zero-order chi connectivity index (χ0) is 15.9. The number of nitrogens with zero attached hydrogens (tertiary/aromatic N) is 1. The summed E-state index contributed by atoms with van der Waals surface area (Å²) in [5.74, 6) is 0.0605. The van der Waals surface area contributed by atoms with Crippen molar-refractivity contribution in [3.05, 3.63) is 23.9 Å². The summed E-state index contributed by atoms with van der Waals surface area (Å²) < 4.78 is 0. The molecule has 1 aromatic rings. The van der Waals surface area contributed by atoms with Gasteiger partial charge in [0.05, 0.1) is 6.42 Å². The molecule has 1 aromatic heterocycles. The summed E-state index contributed by atoms with van der Waals surface area (Å²) in [6.45, 7) is 3.14. The van der Waals surface area contributed by atoms with Gasteiger partial charge in [0.1, 0.15) is 11.9 Å². The summed E-state index contributed by atoms with van der Waals surface area (Å²) in [5, 5.41) is 10.3. The predicted molar refractivity (Wildman–Crippen MR) is 80.2 cm³/mol. The van der Waals surface area contributed by atoms with Crippen molar-refractivity contribution in [1.29, 1.82) is 0 Å². The molecule has 4 N–H and O–H groups in total. The van der Waals surface area contributed by atoms with Crippen LogP contribution in [0.1, 0.15) is 18.4 Å². The van der Waals surface area contributed by atoms with Gasteiger partial charge in [-0.25, -0.2) is 9.78 Å². The van der Waals surface area contributed by atoms with E-state index in [1.165, 1.54) is 0 Å². The maximum Gasteiger partial charge on any atom is 0.322 e. The highest BCUT2D eigenvalue weighted by Crippen LogP contribution is 2.03. The van der Waals surface area contributed by atoms with Crippen LogP contribution < -0.4 is 21.3 Å². The standard InChI is InChI=1S/C14H19N5O3/c1-9-3-4-11(17-8-9)15-5-2-6-16-12(20)7-10-13(21)19-14(22)18-10/h3-4,8,10H,2,5-7H2,1H3,(H,15,17)(H,16,20)(H2,18,19,21,22)/t10-/m0/s1. The van der Waals surface area contributed by atoms with E-state index in [4.69, 9.17) is 0 Å². The molecule has 0 unspecified atom stereocenters. The van der Waals surface area contributed by atoms with Crippen molar-refractivity contribution in [3.63, 3.8) is 0 Å². The lowest BCUT2D eigenvalue weighted by molar-refractivity contribution is -0.126. The molecular formula is C14H19N5O3. The summed E-state index contributed by atoms with van der Waals surface area (Å²) in [7, 11) is 0. The van der Waals surface area contributed by atoms with E-state index < -0.39 is 18.0 Å². The van der Waals surface area contributed by atoms with E-state index in [2.05, 4.69) is 26.3 Å². The van der Waals surface area contributed by atoms with Gasteiger partial charge in [0.25, 0.3) is 5.91 Å². The van der Waals surface area contributed by atoms with E-state index >= 15 is 0 Å². The Hall–Kier alpha value is -2.64. The molecule has 1 fully saturated rings. The van der Waals surface area contributed by atoms with E-state index in [1.807, 2.05) is 19.1 Å². The number of nitrogens with one attached hydrogen (secondary N) is 4. The second-order valence-corrected chi connectivity index (χ2v) is 5.07. The van der Waals surface area contributed by atoms with Crippen LogP contribution in [-0.2, 0) is 9.59 Å². The van der Waals surface area contributed by atoms with Crippen molar-refractivity contribution in [2.24, 2.45) is 0 Å². The summed E-state index contributed by atoms with van der Waals surface area (Å²) in [6, 6.07) is 2.54. The topological polar surface area (TPSA) is 112 Å². The van der Waals surface area contributed by atoms with Gasteiger partial charge in [0.15, 0.2) is 0 Å². The normalized spacial score (nSPS) is 16.9. The average Bonchev–Trinajstić information content (AvgIpc) is 2.78. The first-order valence-corrected chi connectivity index (χ1v) is 7.09. The number of hydrogen-bond acceptors (Lipinski definition) is 5. The van der Waals surface area contributed by atoms with Gasteiger partial charge in [-0.05, 0) is 25.0 Å². The molecule has 0 bridgehead atoms. The molecule has 0 spiro atoms. The number of aryl methyl sites for hydroxylation is 1. The highest BCUT2D eigenvalue weighted by molar-refractivity contribution is 6.05. The van der Waals surface area contributed by atoms with Crippen LogP contribution >= 0.6 is 0 Å². The zero-order valence-electron chi connectivity index (χ0n) is 12.3. The molecule has 1 saturated heterocycles. The summed E-state index contributed by atoms with van der Waals surface area (Å²) >= 11 is 0. The van der Waals surface area contributed by atoms with E-state index in [-0.39, 0.29) is 12.3 Å². The van der Waals surface area contributed by atoms with Crippen molar-refractivity contribution in [3.8, 4) is 0 Å². The van der Waals surface area contributed by atoms with Gasteiger partial charge < -0.3 is 16.0 Å². The van der Waals surface area contributed by atoms with Crippen molar-refractivity contribution in [1.82, 2.24) is 20.9 Å². The number of imide groups is 1. The lowest BCUT2D eigenvalue weighted by Crippen LogP contribution is -2.36. The molecule has 2 rings (SSSR count). The molecule has 1 aliphatic rings. The quantitative estimate of drug-likeness (QED) is 0.415. The summed E-state index contributed by atoms with van der Waals surface area (Å²) in [5.41, 5.74) is 1.10. The number of urea groups is 1. The predicted octanol–water partition coefficient (Wildman–Crippen LogP) is -0.0937. The van der Waals surface area contributed by atoms with E-state index in [9.17, 15) is 14.4 Å². The lowest BCUT2D eigenvalue weighted by atomic mass is 10.2. The Morgan fingerprint density at radius 1 is 1.32 bits per heavy atom. The zero-order valence-corrected chi connectivity index (χ0v) is 12.3. The third kappa shape index (κ3) is 4.72. The number of anilines is 1. The minimum atomic E-state index is -0.776. The number of carbonyl (C=O) groups excluding carboxylic acids is 3. The maximum absolute atomic E-state index is 11.6. The Kier molecular flexibility index (Phi) is 5.29. The molecule has 0 radical (unpaired) electrons. The second-order valence-electron chi connectivity index (χ2n) is 5.07. The van der Waals surface area contributed by atoms with Gasteiger partial charge in [0.2, 0.25) is 5.91 Å². The number of aromatic nitrogens is 1. The first-order chi connectivity index (χ1) is 10.5. The van der Waals surface area contributed by atoms with Crippen LogP contribution in [0.25, 0.3) is 0 Å². The monoisotopic (exact) mass is 305 g/mol. The van der Waals surface area contributed by atoms with Crippen molar-refractivity contribution < 1.29 is 14.4 Å². The Morgan fingerprint density at radius 3 is 2.77 bits per heavy atom. The Balaban J connectivity index is 1.58. The van der Waals surface area contributed by atoms with Gasteiger partial charge in [-0.2, -0.15) is 0 Å². The van der Waals surface area contributed by atoms with Crippen LogP contribution in [-0.4, -0.2) is 42.0 Å². The smallest absolute Gasteiger partial charge is 0.322 e. The Bertz CT molecular complexity index is 558. The molecule has 0 saturated carbocycles. The van der Waals surface area contributed by atoms with Crippen LogP contribution in [0.3, 0.4) is 0 Å². The van der Waals surface area contributed by atoms with Gasteiger partial charge in [-0.1, -0.05) is 6.07 Å². The van der Waals surface area contributed by atoms with Crippen LogP contribution in [0.4, 0.5) is 10.6 Å². The summed E-state index contributed by atoms with van der Waals surface area (Å²) in [6.07, 6.45) is 2.46. The van der Waals surface area contributed by atoms with Crippen molar-refractivity contribution >= 4 is 23.7 Å². The fraction of sp³-hybridized carbons (Fsp3) is 0.429. The molecule has 1 aliphatic heterocycles. The summed E-state index contributed by atoms with van der Waals surface area (Å²) in [4.78, 5) is 38.1. The fourth-order valence-electron chi connectivity index (χ4n) is 1.97. The number of amides is 4. The van der Waals surface area contributed by atoms with Crippen LogP contribution in [0.5, 0.6) is 0 Å². The molecule has 118 valence electrons. The van der Waals surface area contributed by atoms with Gasteiger partial charge in [-0.3, -0.25) is 14.9 Å². The van der Waals surface area contributed by atoms with E-state index in [1.54, 1.807) is 6.20 Å². The molecule has 0 aliphatic carbocycles. The van der Waals surface area contributed by atoms with Gasteiger partial charge in [-0.15, -0.1) is 0 Å². The molecule has 22 heavy (non-hydrogen) atoms. The molecule has 8 nitrogen and oxygen atoms in total. The molecule has 2 heterocycles. The van der Waals surface area contributed by atoms with E-state index in [0.29, 0.717) is 13.1 Å². The van der Waals surface area contributed by atoms with Gasteiger partial charge >= 0.3 is 6.03 Å². The molecule has 0 aromatic carbocycles. The van der Waals surface area contributed by atoms with E-state index in [0.717, 1.165) is 17.8 Å². The van der Waals surface area contributed by atoms with Crippen molar-refractivity contribution in [2.75, 3.05) is 18.4 Å². The molecule has 1 atom stereocenters. The number of pyridine rings is 1. The fourth-order valence-corrected chi connectivity index (χ4v) is 1.97. The second kappa shape index (κ2) is 7.39. The third-order valence-electron chi connectivity index (χ3n) is 3.14. The average molecular weight is 305 g/mol. The van der Waals surface area contributed by atoms with Crippen LogP contribution in [0, 0.1) is 6.92 Å². The maximum atomic E-state index is 11.6. The first kappa shape index (κ1) is 15.7. The molecule has 4 amide bonds.